The fraction of sp³-hybridized carbons (Fsp3) is 0.333. The number of piperazine rings is 1. The molecular formula is C24H28FN5O2. The number of hydrogen-bond acceptors (Lipinski definition) is 4. The smallest absolute Gasteiger partial charge is 0.295 e. The number of anilines is 1. The summed E-state index contributed by atoms with van der Waals surface area (Å²) in [5.41, 5.74) is 2.46. The molecule has 1 amide bonds. The summed E-state index contributed by atoms with van der Waals surface area (Å²) in [5, 5.41) is 2.82. The molecule has 0 atom stereocenters. The molecule has 0 aliphatic carbocycles. The molecule has 1 aliphatic rings. The van der Waals surface area contributed by atoms with E-state index >= 15 is 0 Å². The monoisotopic (exact) mass is 437 g/mol. The second kappa shape index (κ2) is 9.50. The Morgan fingerprint density at radius 2 is 1.69 bits per heavy atom. The summed E-state index contributed by atoms with van der Waals surface area (Å²) in [6, 6.07) is 16.0. The van der Waals surface area contributed by atoms with Crippen LogP contribution in [-0.2, 0) is 18.4 Å². The van der Waals surface area contributed by atoms with Crippen LogP contribution in [0.1, 0.15) is 11.3 Å². The number of nitrogens with one attached hydrogen (secondary N) is 1. The number of amides is 1. The van der Waals surface area contributed by atoms with E-state index in [4.69, 9.17) is 0 Å². The average molecular weight is 438 g/mol. The molecule has 3 aromatic rings. The predicted octanol–water partition coefficient (Wildman–Crippen LogP) is 2.38. The van der Waals surface area contributed by atoms with Crippen LogP contribution in [0.5, 0.6) is 0 Å². The average Bonchev–Trinajstić information content (AvgIpc) is 2.99. The number of rotatable bonds is 6. The summed E-state index contributed by atoms with van der Waals surface area (Å²) in [7, 11) is 1.80. The number of benzene rings is 2. The third-order valence-corrected chi connectivity index (χ3v) is 5.95. The van der Waals surface area contributed by atoms with Crippen molar-refractivity contribution in [2.24, 2.45) is 7.05 Å². The highest BCUT2D eigenvalue weighted by Crippen LogP contribution is 2.14. The van der Waals surface area contributed by atoms with Crippen molar-refractivity contribution in [2.45, 2.75) is 13.5 Å². The molecule has 0 unspecified atom stereocenters. The van der Waals surface area contributed by atoms with Crippen LogP contribution in [0.25, 0.3) is 5.69 Å². The maximum absolute atomic E-state index is 13.4. The van der Waals surface area contributed by atoms with Crippen LogP contribution >= 0.6 is 0 Å². The summed E-state index contributed by atoms with van der Waals surface area (Å²) in [6.45, 7) is 5.83. The van der Waals surface area contributed by atoms with Gasteiger partial charge in [-0.1, -0.05) is 30.3 Å². The van der Waals surface area contributed by atoms with Crippen LogP contribution in [0.4, 0.5) is 10.1 Å². The summed E-state index contributed by atoms with van der Waals surface area (Å²) in [6.07, 6.45) is 0. The second-order valence-electron chi connectivity index (χ2n) is 8.17. The zero-order chi connectivity index (χ0) is 22.7. The number of nitrogens with zero attached hydrogens (tertiary/aromatic N) is 4. The molecule has 0 spiro atoms. The largest absolute Gasteiger partial charge is 0.319 e. The molecule has 1 aromatic heterocycles. The lowest BCUT2D eigenvalue weighted by atomic mass is 10.2. The van der Waals surface area contributed by atoms with Gasteiger partial charge in [0.05, 0.1) is 17.9 Å². The van der Waals surface area contributed by atoms with E-state index in [0.29, 0.717) is 17.9 Å². The van der Waals surface area contributed by atoms with Gasteiger partial charge in [-0.05, 0) is 36.8 Å². The molecule has 0 radical (unpaired) electrons. The van der Waals surface area contributed by atoms with Crippen LogP contribution in [0.15, 0.2) is 59.4 Å². The van der Waals surface area contributed by atoms with Gasteiger partial charge in [0.2, 0.25) is 5.91 Å². The quantitative estimate of drug-likeness (QED) is 0.643. The van der Waals surface area contributed by atoms with Gasteiger partial charge in [0.1, 0.15) is 11.5 Å². The maximum Gasteiger partial charge on any atom is 0.295 e. The highest BCUT2D eigenvalue weighted by atomic mass is 19.1. The van der Waals surface area contributed by atoms with Gasteiger partial charge in [-0.2, -0.15) is 0 Å². The number of para-hydroxylation sites is 1. The molecule has 4 rings (SSSR count). The van der Waals surface area contributed by atoms with E-state index in [-0.39, 0.29) is 23.8 Å². The van der Waals surface area contributed by atoms with Crippen molar-refractivity contribution >= 4 is 11.6 Å². The Labute approximate surface area is 186 Å². The molecule has 0 bridgehead atoms. The first-order valence-corrected chi connectivity index (χ1v) is 10.8. The molecule has 32 heavy (non-hydrogen) atoms. The van der Waals surface area contributed by atoms with E-state index < -0.39 is 0 Å². The zero-order valence-electron chi connectivity index (χ0n) is 18.4. The first-order chi connectivity index (χ1) is 15.4. The number of carbonyl (C=O) groups is 1. The Hall–Kier alpha value is -3.23. The minimum Gasteiger partial charge on any atom is -0.319 e. The summed E-state index contributed by atoms with van der Waals surface area (Å²) >= 11 is 0. The van der Waals surface area contributed by atoms with Crippen molar-refractivity contribution in [3.63, 3.8) is 0 Å². The van der Waals surface area contributed by atoms with E-state index in [1.807, 2.05) is 43.3 Å². The van der Waals surface area contributed by atoms with Crippen molar-refractivity contribution < 1.29 is 9.18 Å². The summed E-state index contributed by atoms with van der Waals surface area (Å²) < 4.78 is 16.7. The van der Waals surface area contributed by atoms with Gasteiger partial charge < -0.3 is 5.32 Å². The molecule has 2 aromatic carbocycles. The lowest BCUT2D eigenvalue weighted by Crippen LogP contribution is -2.48. The number of hydrogen-bond donors (Lipinski definition) is 1. The van der Waals surface area contributed by atoms with Gasteiger partial charge in [-0.15, -0.1) is 0 Å². The van der Waals surface area contributed by atoms with Gasteiger partial charge in [0.15, 0.2) is 0 Å². The SMILES string of the molecule is Cc1c(NC(=O)CN2CCN(Cc3cccc(F)c3)CC2)c(=O)n(-c2ccccc2)n1C. The molecule has 1 saturated heterocycles. The van der Waals surface area contributed by atoms with Crippen LogP contribution in [0, 0.1) is 12.7 Å². The third kappa shape index (κ3) is 4.81. The minimum atomic E-state index is -0.246. The predicted molar refractivity (Wildman–Crippen MR) is 122 cm³/mol. The highest BCUT2D eigenvalue weighted by molar-refractivity contribution is 5.92. The Balaban J connectivity index is 1.34. The summed E-state index contributed by atoms with van der Waals surface area (Å²) in [4.78, 5) is 30.0. The molecular weight excluding hydrogens is 409 g/mol. The number of aromatic nitrogens is 2. The topological polar surface area (TPSA) is 62.5 Å². The van der Waals surface area contributed by atoms with Crippen LogP contribution < -0.4 is 10.9 Å². The van der Waals surface area contributed by atoms with E-state index in [0.717, 1.165) is 37.4 Å². The van der Waals surface area contributed by atoms with Crippen LogP contribution in [0.2, 0.25) is 0 Å². The molecule has 168 valence electrons. The van der Waals surface area contributed by atoms with Gasteiger partial charge in [0.25, 0.3) is 5.56 Å². The van der Waals surface area contributed by atoms with Gasteiger partial charge in [-0.3, -0.25) is 24.1 Å². The van der Waals surface area contributed by atoms with Gasteiger partial charge in [0, 0.05) is 39.8 Å². The van der Waals surface area contributed by atoms with Crippen molar-refractivity contribution in [1.82, 2.24) is 19.2 Å². The van der Waals surface area contributed by atoms with E-state index in [2.05, 4.69) is 15.1 Å². The van der Waals surface area contributed by atoms with Gasteiger partial charge in [-0.25, -0.2) is 9.07 Å². The maximum atomic E-state index is 13.4. The highest BCUT2D eigenvalue weighted by Gasteiger charge is 2.22. The Kier molecular flexibility index (Phi) is 6.53. The first-order valence-electron chi connectivity index (χ1n) is 10.8. The van der Waals surface area contributed by atoms with Crippen molar-refractivity contribution in [3.05, 3.63) is 82.0 Å². The fourth-order valence-electron chi connectivity index (χ4n) is 4.09. The lowest BCUT2D eigenvalue weighted by molar-refractivity contribution is -0.117. The Morgan fingerprint density at radius 3 is 2.38 bits per heavy atom. The molecule has 2 heterocycles. The Bertz CT molecular complexity index is 1150. The molecule has 8 heteroatoms. The van der Waals surface area contributed by atoms with Crippen molar-refractivity contribution in [2.75, 3.05) is 38.0 Å². The molecule has 1 N–H and O–H groups in total. The standard InChI is InChI=1S/C24H28FN5O2/c1-18-23(24(32)30(27(18)2)21-9-4-3-5-10-21)26-22(31)17-29-13-11-28(12-14-29)16-19-7-6-8-20(25)15-19/h3-10,15H,11-14,16-17H2,1-2H3,(H,26,31). The number of halogens is 1. The van der Waals surface area contributed by atoms with Crippen molar-refractivity contribution in [3.8, 4) is 5.69 Å². The van der Waals surface area contributed by atoms with Crippen LogP contribution in [-0.4, -0.2) is 57.8 Å². The van der Waals surface area contributed by atoms with E-state index in [1.165, 1.54) is 6.07 Å². The normalized spacial score (nSPS) is 15.1. The molecule has 1 fully saturated rings. The molecule has 7 nitrogen and oxygen atoms in total. The van der Waals surface area contributed by atoms with Crippen molar-refractivity contribution in [1.29, 1.82) is 0 Å². The fourth-order valence-corrected chi connectivity index (χ4v) is 4.09. The zero-order valence-corrected chi connectivity index (χ0v) is 18.4. The lowest BCUT2D eigenvalue weighted by Gasteiger charge is -2.34. The third-order valence-electron chi connectivity index (χ3n) is 5.95. The Morgan fingerprint density at radius 1 is 1.00 bits per heavy atom. The van der Waals surface area contributed by atoms with E-state index in [9.17, 15) is 14.0 Å². The van der Waals surface area contributed by atoms with Crippen LogP contribution in [0.3, 0.4) is 0 Å². The minimum absolute atomic E-state index is 0.199. The molecule has 1 aliphatic heterocycles. The first kappa shape index (κ1) is 22.0. The molecule has 0 saturated carbocycles. The number of carbonyl (C=O) groups excluding carboxylic acids is 1. The van der Waals surface area contributed by atoms with E-state index in [1.54, 1.807) is 28.5 Å². The van der Waals surface area contributed by atoms with Gasteiger partial charge >= 0.3 is 0 Å². The second-order valence-corrected chi connectivity index (χ2v) is 8.17. The summed E-state index contributed by atoms with van der Waals surface area (Å²) in [5.74, 6) is -0.421.